The molecule has 0 aliphatic carbocycles. The van der Waals surface area contributed by atoms with E-state index in [0.717, 1.165) is 5.56 Å². The zero-order chi connectivity index (χ0) is 25.1. The zero-order valence-corrected chi connectivity index (χ0v) is 18.4. The van der Waals surface area contributed by atoms with Crippen LogP contribution in [-0.2, 0) is 32.1 Å². The fraction of sp³-hybridized carbons (Fsp3) is 0.304. The number of phenolic OH excluding ortho intramolecular Hbond substituents is 1. The molecule has 0 saturated carbocycles. The lowest BCUT2D eigenvalue weighted by Crippen LogP contribution is -2.58. The first-order valence-corrected chi connectivity index (χ1v) is 10.4. The molecule has 182 valence electrons. The molecule has 0 bridgehead atoms. The van der Waals surface area contributed by atoms with Gasteiger partial charge < -0.3 is 36.0 Å². The lowest BCUT2D eigenvalue weighted by atomic mass is 10.0. The normalized spacial score (nSPS) is 13.1. The maximum absolute atomic E-state index is 12.9. The van der Waals surface area contributed by atoms with Crippen molar-refractivity contribution in [2.45, 2.75) is 38.1 Å². The van der Waals surface area contributed by atoms with E-state index in [-0.39, 0.29) is 18.8 Å². The fourth-order valence-electron chi connectivity index (χ4n) is 2.92. The van der Waals surface area contributed by atoms with Gasteiger partial charge in [-0.3, -0.25) is 14.4 Å². The number of carbonyl (C=O) groups is 4. The van der Waals surface area contributed by atoms with E-state index in [1.165, 1.54) is 19.1 Å². The largest absolute Gasteiger partial charge is 0.508 e. The number of aliphatic carboxylic acids is 1. The molecule has 0 unspecified atom stereocenters. The molecular weight excluding hydrogens is 446 g/mol. The molecule has 2 rings (SSSR count). The van der Waals surface area contributed by atoms with Crippen LogP contribution < -0.4 is 16.0 Å². The van der Waals surface area contributed by atoms with Crippen molar-refractivity contribution in [2.24, 2.45) is 0 Å². The number of rotatable bonds is 11. The van der Waals surface area contributed by atoms with Crippen molar-refractivity contribution < 1.29 is 39.2 Å². The quantitative estimate of drug-likeness (QED) is 0.270. The highest BCUT2D eigenvalue weighted by Crippen LogP contribution is 2.12. The summed E-state index contributed by atoms with van der Waals surface area (Å²) in [5.74, 6) is -2.98. The number of carboxylic acid groups (broad SMARTS) is 1. The molecule has 0 aromatic heterocycles. The molecule has 0 saturated heterocycles. The Morgan fingerprint density at radius 1 is 0.912 bits per heavy atom. The lowest BCUT2D eigenvalue weighted by Gasteiger charge is -2.24. The van der Waals surface area contributed by atoms with Gasteiger partial charge in [-0.15, -0.1) is 0 Å². The molecule has 3 amide bonds. The number of aliphatic hydroxyl groups excluding tert-OH is 1. The van der Waals surface area contributed by atoms with E-state index in [0.29, 0.717) is 5.56 Å². The van der Waals surface area contributed by atoms with Gasteiger partial charge in [0.15, 0.2) is 0 Å². The number of carbonyl (C=O) groups excluding carboxylic acids is 3. The first-order chi connectivity index (χ1) is 16.2. The molecule has 34 heavy (non-hydrogen) atoms. The third-order valence-corrected chi connectivity index (χ3v) is 4.67. The van der Waals surface area contributed by atoms with Gasteiger partial charge in [0, 0.05) is 6.42 Å². The van der Waals surface area contributed by atoms with E-state index in [2.05, 4.69) is 16.0 Å². The van der Waals surface area contributed by atoms with Crippen molar-refractivity contribution in [1.29, 1.82) is 0 Å². The SMILES string of the molecule is C[C@H](O)[C@@H](NC(=O)[C@H](Cc1ccc(O)cc1)NC(=O)OCc1ccccc1)C(=O)NCC(=O)O. The van der Waals surface area contributed by atoms with Crippen LogP contribution >= 0.6 is 0 Å². The van der Waals surface area contributed by atoms with Crippen molar-refractivity contribution in [3.8, 4) is 5.75 Å². The standard InChI is InChI=1S/C23H27N3O8/c1-14(27)20(22(32)24-12-19(29)30)26-21(31)18(11-15-7-9-17(28)10-8-15)25-23(33)34-13-16-5-3-2-4-6-16/h2-10,14,18,20,27-28H,11-13H2,1H3,(H,24,32)(H,25,33)(H,26,31)(H,29,30)/t14-,18-,20+/m0/s1. The first-order valence-electron chi connectivity index (χ1n) is 10.4. The summed E-state index contributed by atoms with van der Waals surface area (Å²) in [7, 11) is 0. The average Bonchev–Trinajstić information content (AvgIpc) is 2.81. The minimum Gasteiger partial charge on any atom is -0.508 e. The number of hydrogen-bond donors (Lipinski definition) is 6. The number of alkyl carbamates (subject to hydrolysis) is 1. The third kappa shape index (κ3) is 8.79. The number of benzene rings is 2. The highest BCUT2D eigenvalue weighted by Gasteiger charge is 2.30. The Hall–Kier alpha value is -4.12. The minimum atomic E-state index is -1.46. The van der Waals surface area contributed by atoms with Gasteiger partial charge in [0.05, 0.1) is 6.10 Å². The van der Waals surface area contributed by atoms with Gasteiger partial charge in [-0.05, 0) is 30.2 Å². The number of amides is 3. The van der Waals surface area contributed by atoms with Crippen LogP contribution in [0, 0.1) is 0 Å². The van der Waals surface area contributed by atoms with Crippen LogP contribution in [0.4, 0.5) is 4.79 Å². The molecule has 0 heterocycles. The highest BCUT2D eigenvalue weighted by molar-refractivity contribution is 5.92. The molecule has 0 radical (unpaired) electrons. The Morgan fingerprint density at radius 3 is 2.15 bits per heavy atom. The Bertz CT molecular complexity index is 979. The molecule has 2 aromatic carbocycles. The number of carboxylic acids is 1. The third-order valence-electron chi connectivity index (χ3n) is 4.67. The molecule has 11 heteroatoms. The first kappa shape index (κ1) is 26.1. The molecule has 6 N–H and O–H groups in total. The van der Waals surface area contributed by atoms with Crippen LogP contribution in [0.15, 0.2) is 54.6 Å². The van der Waals surface area contributed by atoms with Crippen LogP contribution in [0.2, 0.25) is 0 Å². The van der Waals surface area contributed by atoms with Crippen LogP contribution in [0.1, 0.15) is 18.1 Å². The van der Waals surface area contributed by atoms with E-state index in [4.69, 9.17) is 9.84 Å². The Labute approximate surface area is 195 Å². The summed E-state index contributed by atoms with van der Waals surface area (Å²) in [6, 6.07) is 12.2. The summed E-state index contributed by atoms with van der Waals surface area (Å²) in [6.45, 7) is 0.523. The topological polar surface area (TPSA) is 174 Å². The molecule has 11 nitrogen and oxygen atoms in total. The molecule has 0 spiro atoms. The van der Waals surface area contributed by atoms with Gasteiger partial charge in [-0.25, -0.2) is 4.79 Å². The van der Waals surface area contributed by atoms with Gasteiger partial charge in [0.1, 0.15) is 31.0 Å². The number of aliphatic hydroxyl groups is 1. The summed E-state index contributed by atoms with van der Waals surface area (Å²) < 4.78 is 5.17. The summed E-state index contributed by atoms with van der Waals surface area (Å²) >= 11 is 0. The number of ether oxygens (including phenoxy) is 1. The van der Waals surface area contributed by atoms with Gasteiger partial charge in [-0.1, -0.05) is 42.5 Å². The predicted molar refractivity (Wildman–Crippen MR) is 120 cm³/mol. The maximum atomic E-state index is 12.9. The minimum absolute atomic E-state index is 0.0178. The molecule has 0 fully saturated rings. The molecule has 3 atom stereocenters. The van der Waals surface area contributed by atoms with E-state index in [9.17, 15) is 29.4 Å². The van der Waals surface area contributed by atoms with E-state index in [1.807, 2.05) is 6.07 Å². The monoisotopic (exact) mass is 473 g/mol. The van der Waals surface area contributed by atoms with Crippen molar-refractivity contribution in [3.63, 3.8) is 0 Å². The second kappa shape index (κ2) is 12.8. The lowest BCUT2D eigenvalue weighted by molar-refractivity contribution is -0.139. The summed E-state index contributed by atoms with van der Waals surface area (Å²) in [5.41, 5.74) is 1.33. The zero-order valence-electron chi connectivity index (χ0n) is 18.4. The number of hydrogen-bond acceptors (Lipinski definition) is 7. The molecular formula is C23H27N3O8. The van der Waals surface area contributed by atoms with Crippen molar-refractivity contribution in [1.82, 2.24) is 16.0 Å². The number of aromatic hydroxyl groups is 1. The van der Waals surface area contributed by atoms with Gasteiger partial charge in [0.25, 0.3) is 0 Å². The fourth-order valence-corrected chi connectivity index (χ4v) is 2.92. The van der Waals surface area contributed by atoms with Crippen molar-refractivity contribution >= 4 is 23.9 Å². The summed E-state index contributed by atoms with van der Waals surface area (Å²) in [6.07, 6.45) is -2.25. The van der Waals surface area contributed by atoms with Crippen LogP contribution in [-0.4, -0.2) is 63.9 Å². The average molecular weight is 473 g/mol. The highest BCUT2D eigenvalue weighted by atomic mass is 16.5. The Morgan fingerprint density at radius 2 is 1.56 bits per heavy atom. The smallest absolute Gasteiger partial charge is 0.408 e. The second-order valence-electron chi connectivity index (χ2n) is 7.47. The van der Waals surface area contributed by atoms with Crippen LogP contribution in [0.5, 0.6) is 5.75 Å². The van der Waals surface area contributed by atoms with Crippen molar-refractivity contribution in [3.05, 3.63) is 65.7 Å². The van der Waals surface area contributed by atoms with E-state index in [1.54, 1.807) is 36.4 Å². The van der Waals surface area contributed by atoms with Gasteiger partial charge in [0.2, 0.25) is 11.8 Å². The Kier molecular flexibility index (Phi) is 9.84. The van der Waals surface area contributed by atoms with Gasteiger partial charge >= 0.3 is 12.1 Å². The number of phenols is 1. The summed E-state index contributed by atoms with van der Waals surface area (Å²) in [4.78, 5) is 48.2. The molecule has 2 aromatic rings. The second-order valence-corrected chi connectivity index (χ2v) is 7.47. The van der Waals surface area contributed by atoms with Crippen LogP contribution in [0.25, 0.3) is 0 Å². The van der Waals surface area contributed by atoms with Gasteiger partial charge in [-0.2, -0.15) is 0 Å². The maximum Gasteiger partial charge on any atom is 0.408 e. The predicted octanol–water partition coefficient (Wildman–Crippen LogP) is 0.296. The number of nitrogens with one attached hydrogen (secondary N) is 3. The van der Waals surface area contributed by atoms with E-state index >= 15 is 0 Å². The van der Waals surface area contributed by atoms with Crippen molar-refractivity contribution in [2.75, 3.05) is 6.54 Å². The molecule has 0 aliphatic heterocycles. The van der Waals surface area contributed by atoms with Crippen LogP contribution in [0.3, 0.4) is 0 Å². The van der Waals surface area contributed by atoms with E-state index < -0.39 is 48.6 Å². The molecule has 0 aliphatic rings. The summed E-state index contributed by atoms with van der Waals surface area (Å²) in [5, 5.41) is 35.0. The Balaban J connectivity index is 2.11.